The van der Waals surface area contributed by atoms with Gasteiger partial charge in [-0.05, 0) is 48.4 Å². The van der Waals surface area contributed by atoms with Crippen LogP contribution in [-0.4, -0.2) is 30.1 Å². The monoisotopic (exact) mass is 695 g/mol. The Labute approximate surface area is 234 Å². The smallest absolute Gasteiger partial charge is 0.349 e. The molecule has 3 nitrogen and oxygen atoms in total. The number of nitrogens with one attached hydrogen (secondary N) is 1. The number of allylic oxidation sites excluding steroid dienone is 1. The fourth-order valence-electron chi connectivity index (χ4n) is 3.55. The van der Waals surface area contributed by atoms with Gasteiger partial charge < -0.3 is 5.32 Å². The Hall–Kier alpha value is -2.35. The van der Waals surface area contributed by atoms with Gasteiger partial charge in [0, 0.05) is 27.8 Å². The number of benzene rings is 2. The van der Waals surface area contributed by atoms with Crippen LogP contribution in [-0.2, 0) is 11.0 Å². The lowest BCUT2D eigenvalue weighted by molar-refractivity contribution is -0.143. The van der Waals surface area contributed by atoms with Crippen molar-refractivity contribution in [1.82, 2.24) is 5.32 Å². The average molecular weight is 697 g/mol. The summed E-state index contributed by atoms with van der Waals surface area (Å²) in [5.74, 6) is -4.24. The second-order valence-electron chi connectivity index (χ2n) is 8.62. The van der Waals surface area contributed by atoms with Crippen molar-refractivity contribution in [3.8, 4) is 0 Å². The number of hydrogen-bond donors (Lipinski definition) is 1. The van der Waals surface area contributed by atoms with E-state index in [2.05, 4.69) is 37.2 Å². The van der Waals surface area contributed by atoms with Crippen molar-refractivity contribution in [2.45, 2.75) is 56.7 Å². The predicted molar refractivity (Wildman–Crippen MR) is 133 cm³/mol. The summed E-state index contributed by atoms with van der Waals surface area (Å²) >= 11 is 6.19. The molecule has 1 amide bonds. The molecule has 1 unspecified atom stereocenters. The number of rotatable bonds is 9. The van der Waals surface area contributed by atoms with Crippen molar-refractivity contribution in [2.75, 3.05) is 0 Å². The van der Waals surface area contributed by atoms with Crippen molar-refractivity contribution >= 4 is 49.6 Å². The number of carbonyl (C=O) groups is 2. The third-order valence-electron chi connectivity index (χ3n) is 5.27. The molecule has 0 spiro atoms. The molecular formula is C25H20Br2F9NO2. The molecule has 0 aliphatic rings. The highest BCUT2D eigenvalue weighted by Crippen LogP contribution is 2.39. The van der Waals surface area contributed by atoms with Crippen molar-refractivity contribution in [1.29, 1.82) is 0 Å². The van der Waals surface area contributed by atoms with Crippen LogP contribution in [0, 0.1) is 0 Å². The Morgan fingerprint density at radius 2 is 1.51 bits per heavy atom. The van der Waals surface area contributed by atoms with Gasteiger partial charge in [0.05, 0.1) is 23.5 Å². The molecule has 0 radical (unpaired) electrons. The van der Waals surface area contributed by atoms with E-state index in [0.29, 0.717) is 21.1 Å². The first-order valence-electron chi connectivity index (χ1n) is 11.1. The molecule has 1 N–H and O–H groups in total. The van der Waals surface area contributed by atoms with E-state index < -0.39 is 72.6 Å². The Kier molecular flexibility index (Phi) is 10.9. The van der Waals surface area contributed by atoms with Crippen molar-refractivity contribution < 1.29 is 49.1 Å². The second-order valence-corrected chi connectivity index (χ2v) is 10.4. The maximum Gasteiger partial charge on any atom is 0.417 e. The molecule has 0 bridgehead atoms. The van der Waals surface area contributed by atoms with Gasteiger partial charge in [-0.25, -0.2) is 0 Å². The highest BCUT2D eigenvalue weighted by molar-refractivity contribution is 9.11. The normalized spacial score (nSPS) is 14.4. The highest BCUT2D eigenvalue weighted by atomic mass is 79.9. The number of alkyl halides is 9. The maximum atomic E-state index is 13.7. The summed E-state index contributed by atoms with van der Waals surface area (Å²) in [5, 5.41) is 2.14. The van der Waals surface area contributed by atoms with Crippen LogP contribution in [0.3, 0.4) is 0 Å². The summed E-state index contributed by atoms with van der Waals surface area (Å²) in [5.41, 5.74) is -2.74. The molecule has 0 saturated heterocycles. The molecule has 214 valence electrons. The minimum Gasteiger partial charge on any atom is -0.349 e. The zero-order valence-corrected chi connectivity index (χ0v) is 23.0. The number of ketones is 1. The van der Waals surface area contributed by atoms with E-state index in [1.54, 1.807) is 0 Å². The summed E-state index contributed by atoms with van der Waals surface area (Å²) in [4.78, 5) is 24.2. The molecule has 0 fully saturated rings. The van der Waals surface area contributed by atoms with Crippen LogP contribution in [0.15, 0.2) is 51.4 Å². The zero-order valence-electron chi connectivity index (χ0n) is 19.9. The lowest BCUT2D eigenvalue weighted by atomic mass is 9.96. The van der Waals surface area contributed by atoms with Gasteiger partial charge in [-0.2, -0.15) is 39.5 Å². The molecule has 2 aromatic rings. The van der Waals surface area contributed by atoms with Gasteiger partial charge in [0.15, 0.2) is 0 Å². The third kappa shape index (κ3) is 10.6. The van der Waals surface area contributed by atoms with Crippen molar-refractivity contribution in [3.63, 3.8) is 0 Å². The van der Waals surface area contributed by atoms with E-state index in [0.717, 1.165) is 18.2 Å². The van der Waals surface area contributed by atoms with E-state index in [-0.39, 0.29) is 11.1 Å². The molecule has 0 aliphatic heterocycles. The standard InChI is InChI=1S/C25H20Br2F9NO2/c1-13(8-18(38)6-7-23(28,29)30)37-22(39)19-4-2-14(9-21(19)25(34,35)36)3-5-20(24(31,32)33)15-10-16(26)12-17(27)11-15/h2-5,9-13,20H,6-8H2,1H3,(H,37,39)/b5-3+/t13-,20?/m1/s1. The Bertz CT molecular complexity index is 1200. The minimum atomic E-state index is -5.07. The van der Waals surface area contributed by atoms with Gasteiger partial charge in [0.1, 0.15) is 5.78 Å². The van der Waals surface area contributed by atoms with E-state index >= 15 is 0 Å². The SMILES string of the molecule is C[C@H](CC(=O)CCC(F)(F)F)NC(=O)c1ccc(/C=C/C(c2cc(Br)cc(Br)c2)C(F)(F)F)cc1C(F)(F)F. The minimum absolute atomic E-state index is 0.175. The van der Waals surface area contributed by atoms with Crippen LogP contribution in [0.2, 0.25) is 0 Å². The average Bonchev–Trinajstić information content (AvgIpc) is 2.75. The summed E-state index contributed by atoms with van der Waals surface area (Å²) in [6, 6.07) is 5.18. The van der Waals surface area contributed by atoms with E-state index in [4.69, 9.17) is 0 Å². The van der Waals surface area contributed by atoms with Gasteiger partial charge in [0.2, 0.25) is 0 Å². The summed E-state index contributed by atoms with van der Waals surface area (Å²) in [6.45, 7) is 1.24. The number of carbonyl (C=O) groups excluding carboxylic acids is 2. The number of hydrogen-bond acceptors (Lipinski definition) is 2. The van der Waals surface area contributed by atoms with Crippen LogP contribution >= 0.6 is 31.9 Å². The highest BCUT2D eigenvalue weighted by Gasteiger charge is 2.39. The second kappa shape index (κ2) is 12.9. The fraction of sp³-hybridized carbons (Fsp3) is 0.360. The van der Waals surface area contributed by atoms with Crippen LogP contribution in [0.25, 0.3) is 6.08 Å². The molecular weight excluding hydrogens is 677 g/mol. The van der Waals surface area contributed by atoms with E-state index in [1.807, 2.05) is 0 Å². The number of Topliss-reactive ketones (excluding diaryl/α,β-unsaturated/α-hetero) is 1. The molecule has 0 heterocycles. The Morgan fingerprint density at radius 3 is 2.03 bits per heavy atom. The predicted octanol–water partition coefficient (Wildman–Crippen LogP) is 9.01. The summed E-state index contributed by atoms with van der Waals surface area (Å²) in [6.07, 6.45) is -15.6. The van der Waals surface area contributed by atoms with Gasteiger partial charge in [-0.15, -0.1) is 0 Å². The quantitative estimate of drug-likeness (QED) is 0.266. The van der Waals surface area contributed by atoms with Crippen LogP contribution in [0.1, 0.15) is 59.2 Å². The first-order chi connectivity index (χ1) is 17.8. The lowest BCUT2D eigenvalue weighted by Gasteiger charge is -2.19. The Balaban J connectivity index is 2.29. The lowest BCUT2D eigenvalue weighted by Crippen LogP contribution is -2.35. The third-order valence-corrected chi connectivity index (χ3v) is 6.19. The van der Waals surface area contributed by atoms with Gasteiger partial charge in [0.25, 0.3) is 5.91 Å². The van der Waals surface area contributed by atoms with E-state index in [9.17, 15) is 49.1 Å². The summed E-state index contributed by atoms with van der Waals surface area (Å²) in [7, 11) is 0. The van der Waals surface area contributed by atoms with Gasteiger partial charge in [-0.3, -0.25) is 9.59 Å². The van der Waals surface area contributed by atoms with Crippen molar-refractivity contribution in [2.24, 2.45) is 0 Å². The summed E-state index contributed by atoms with van der Waals surface area (Å²) < 4.78 is 120. The van der Waals surface area contributed by atoms with Crippen LogP contribution in [0.4, 0.5) is 39.5 Å². The first kappa shape index (κ1) is 32.9. The topological polar surface area (TPSA) is 46.2 Å². The molecule has 2 aromatic carbocycles. The van der Waals surface area contributed by atoms with Crippen molar-refractivity contribution in [3.05, 3.63) is 73.7 Å². The molecule has 0 aromatic heterocycles. The number of halogens is 11. The zero-order chi connectivity index (χ0) is 29.8. The molecule has 14 heteroatoms. The molecule has 0 aliphatic carbocycles. The van der Waals surface area contributed by atoms with Crippen LogP contribution in [0.5, 0.6) is 0 Å². The van der Waals surface area contributed by atoms with Crippen LogP contribution < -0.4 is 5.32 Å². The fourth-order valence-corrected chi connectivity index (χ4v) is 4.88. The molecule has 2 atom stereocenters. The Morgan fingerprint density at radius 1 is 0.923 bits per heavy atom. The maximum absolute atomic E-state index is 13.7. The molecule has 2 rings (SSSR count). The first-order valence-corrected chi connectivity index (χ1v) is 12.7. The van der Waals surface area contributed by atoms with E-state index in [1.165, 1.54) is 25.1 Å². The molecule has 39 heavy (non-hydrogen) atoms. The molecule has 0 saturated carbocycles. The van der Waals surface area contributed by atoms with Gasteiger partial charge in [-0.1, -0.05) is 50.1 Å². The van der Waals surface area contributed by atoms with Gasteiger partial charge >= 0.3 is 18.5 Å². The largest absolute Gasteiger partial charge is 0.417 e. The number of amides is 1.